The van der Waals surface area contributed by atoms with E-state index >= 15 is 0 Å². The van der Waals surface area contributed by atoms with E-state index in [4.69, 9.17) is 9.15 Å². The Morgan fingerprint density at radius 3 is 2.96 bits per heavy atom. The number of hydrogen-bond donors (Lipinski definition) is 0. The summed E-state index contributed by atoms with van der Waals surface area (Å²) in [4.78, 5) is 20.6. The van der Waals surface area contributed by atoms with E-state index in [0.29, 0.717) is 24.4 Å². The minimum Gasteiger partial charge on any atom is -0.485 e. The number of amides is 1. The first-order chi connectivity index (χ1) is 11.1. The Morgan fingerprint density at radius 1 is 1.43 bits per heavy atom. The van der Waals surface area contributed by atoms with Gasteiger partial charge in [0.25, 0.3) is 5.91 Å². The number of rotatable bonds is 4. The molecular weight excluding hydrogens is 294 g/mol. The number of carbonyl (C=O) groups excluding carboxylic acids is 1. The van der Waals surface area contributed by atoms with Gasteiger partial charge in [-0.3, -0.25) is 4.79 Å². The monoisotopic (exact) mass is 315 g/mol. The molecule has 1 atom stereocenters. The van der Waals surface area contributed by atoms with Crippen LogP contribution >= 0.6 is 0 Å². The maximum Gasteiger partial charge on any atom is 0.257 e. The number of aryl methyl sites for hydroxylation is 1. The summed E-state index contributed by atoms with van der Waals surface area (Å²) >= 11 is 0. The highest BCUT2D eigenvalue weighted by Gasteiger charge is 2.30. The molecule has 0 radical (unpaired) electrons. The topological polar surface area (TPSA) is 58.8 Å². The van der Waals surface area contributed by atoms with Crippen LogP contribution in [0.1, 0.15) is 22.5 Å². The van der Waals surface area contributed by atoms with Crippen molar-refractivity contribution in [2.75, 3.05) is 32.1 Å². The zero-order valence-electron chi connectivity index (χ0n) is 13.7. The molecule has 1 amide bonds. The van der Waals surface area contributed by atoms with Crippen LogP contribution in [0.15, 0.2) is 35.1 Å². The van der Waals surface area contributed by atoms with Gasteiger partial charge in [0.05, 0.1) is 18.4 Å². The first kappa shape index (κ1) is 15.4. The molecule has 1 aliphatic rings. The summed E-state index contributed by atoms with van der Waals surface area (Å²) in [7, 11) is 3.86. The molecule has 0 saturated carbocycles. The van der Waals surface area contributed by atoms with Gasteiger partial charge in [-0.25, -0.2) is 4.98 Å². The summed E-state index contributed by atoms with van der Waals surface area (Å²) in [5.74, 6) is 2.20. The maximum atomic E-state index is 12.5. The Labute approximate surface area is 135 Å². The molecule has 2 aromatic heterocycles. The minimum absolute atomic E-state index is 0.00127. The van der Waals surface area contributed by atoms with Crippen LogP contribution in [-0.4, -0.2) is 49.1 Å². The Hall–Kier alpha value is -2.50. The van der Waals surface area contributed by atoms with E-state index in [1.165, 1.54) is 0 Å². The van der Waals surface area contributed by atoms with E-state index in [-0.39, 0.29) is 12.0 Å². The zero-order chi connectivity index (χ0) is 16.4. The lowest BCUT2D eigenvalue weighted by Gasteiger charge is -2.20. The lowest BCUT2D eigenvalue weighted by Crippen LogP contribution is -2.31. The van der Waals surface area contributed by atoms with Crippen molar-refractivity contribution < 1.29 is 13.9 Å². The van der Waals surface area contributed by atoms with Gasteiger partial charge in [0, 0.05) is 33.3 Å². The first-order valence-corrected chi connectivity index (χ1v) is 7.68. The van der Waals surface area contributed by atoms with Gasteiger partial charge in [0.1, 0.15) is 11.9 Å². The molecule has 0 aromatic carbocycles. The van der Waals surface area contributed by atoms with Gasteiger partial charge in [-0.15, -0.1) is 0 Å². The first-order valence-electron chi connectivity index (χ1n) is 7.68. The van der Waals surface area contributed by atoms with Crippen LogP contribution in [0.3, 0.4) is 0 Å². The molecule has 23 heavy (non-hydrogen) atoms. The molecule has 122 valence electrons. The zero-order valence-corrected chi connectivity index (χ0v) is 13.7. The van der Waals surface area contributed by atoms with Crippen molar-refractivity contribution in [1.29, 1.82) is 0 Å². The van der Waals surface area contributed by atoms with E-state index in [0.717, 1.165) is 18.0 Å². The molecule has 0 bridgehead atoms. The van der Waals surface area contributed by atoms with Crippen LogP contribution in [0.25, 0.3) is 0 Å². The molecule has 6 nitrogen and oxygen atoms in total. The van der Waals surface area contributed by atoms with Crippen molar-refractivity contribution in [3.8, 4) is 5.75 Å². The molecule has 6 heteroatoms. The maximum absolute atomic E-state index is 12.5. The molecule has 1 unspecified atom stereocenters. The molecule has 3 rings (SSSR count). The minimum atomic E-state index is -0.0194. The fraction of sp³-hybridized carbons (Fsp3) is 0.412. The fourth-order valence-corrected chi connectivity index (χ4v) is 2.78. The van der Waals surface area contributed by atoms with Crippen LogP contribution in [-0.2, 0) is 0 Å². The highest BCUT2D eigenvalue weighted by atomic mass is 16.5. The van der Waals surface area contributed by atoms with Crippen molar-refractivity contribution in [3.05, 3.63) is 42.0 Å². The van der Waals surface area contributed by atoms with E-state index in [2.05, 4.69) is 4.98 Å². The lowest BCUT2D eigenvalue weighted by molar-refractivity contribution is 0.0770. The Bertz CT molecular complexity index is 696. The van der Waals surface area contributed by atoms with Gasteiger partial charge >= 0.3 is 0 Å². The summed E-state index contributed by atoms with van der Waals surface area (Å²) in [5.41, 5.74) is 0.626. The molecular formula is C17H21N3O3. The quantitative estimate of drug-likeness (QED) is 0.867. The highest BCUT2D eigenvalue weighted by molar-refractivity contribution is 5.95. The third kappa shape index (κ3) is 3.16. The molecule has 3 heterocycles. The Morgan fingerprint density at radius 2 is 2.26 bits per heavy atom. The number of hydrogen-bond acceptors (Lipinski definition) is 5. The van der Waals surface area contributed by atoms with E-state index in [9.17, 15) is 4.79 Å². The second kappa shape index (κ2) is 6.32. The lowest BCUT2D eigenvalue weighted by atomic mass is 10.2. The summed E-state index contributed by atoms with van der Waals surface area (Å²) in [6, 6.07) is 5.49. The standard InChI is InChI=1S/C17H21N3O3/c1-12-14(7-10-22-12)17(21)20-9-6-13(11-20)23-15-5-4-8-18-16(15)19(2)3/h4-5,7-8,10,13H,6,9,11H2,1-3H3. The summed E-state index contributed by atoms with van der Waals surface area (Å²) in [6.07, 6.45) is 4.08. The average molecular weight is 315 g/mol. The van der Waals surface area contributed by atoms with Crippen molar-refractivity contribution in [2.24, 2.45) is 0 Å². The summed E-state index contributed by atoms with van der Waals surface area (Å²) in [6.45, 7) is 3.06. The van der Waals surface area contributed by atoms with Crippen LogP contribution in [0.4, 0.5) is 5.82 Å². The van der Waals surface area contributed by atoms with Gasteiger partial charge in [-0.1, -0.05) is 0 Å². The summed E-state index contributed by atoms with van der Waals surface area (Å²) < 4.78 is 11.3. The molecule has 0 aliphatic carbocycles. The predicted octanol–water partition coefficient (Wildman–Crippen LogP) is 2.34. The van der Waals surface area contributed by atoms with Crippen LogP contribution in [0.2, 0.25) is 0 Å². The molecule has 0 N–H and O–H groups in total. The molecule has 0 spiro atoms. The van der Waals surface area contributed by atoms with Crippen LogP contribution in [0, 0.1) is 6.92 Å². The molecule has 1 fully saturated rings. The van der Waals surface area contributed by atoms with Gasteiger partial charge in [-0.05, 0) is 25.1 Å². The molecule has 2 aromatic rings. The van der Waals surface area contributed by atoms with Crippen molar-refractivity contribution >= 4 is 11.7 Å². The normalized spacial score (nSPS) is 17.3. The van der Waals surface area contributed by atoms with Gasteiger partial charge in [0.15, 0.2) is 11.6 Å². The fourth-order valence-electron chi connectivity index (χ4n) is 2.78. The third-order valence-corrected chi connectivity index (χ3v) is 3.99. The average Bonchev–Trinajstić information content (AvgIpc) is 3.16. The predicted molar refractivity (Wildman–Crippen MR) is 86.9 cm³/mol. The SMILES string of the molecule is Cc1occc1C(=O)N1CCC(Oc2cccnc2N(C)C)C1. The van der Waals surface area contributed by atoms with Crippen molar-refractivity contribution in [3.63, 3.8) is 0 Å². The second-order valence-corrected chi connectivity index (χ2v) is 5.89. The van der Waals surface area contributed by atoms with Gasteiger partial charge in [0.2, 0.25) is 0 Å². The van der Waals surface area contributed by atoms with Crippen LogP contribution < -0.4 is 9.64 Å². The number of nitrogens with zero attached hydrogens (tertiary/aromatic N) is 3. The number of carbonyl (C=O) groups is 1. The van der Waals surface area contributed by atoms with E-state index < -0.39 is 0 Å². The number of furan rings is 1. The largest absolute Gasteiger partial charge is 0.485 e. The van der Waals surface area contributed by atoms with Gasteiger partial charge in [-0.2, -0.15) is 0 Å². The summed E-state index contributed by atoms with van der Waals surface area (Å²) in [5, 5.41) is 0. The number of pyridine rings is 1. The van der Waals surface area contributed by atoms with E-state index in [1.54, 1.807) is 25.5 Å². The number of aromatic nitrogens is 1. The van der Waals surface area contributed by atoms with Crippen molar-refractivity contribution in [1.82, 2.24) is 9.88 Å². The smallest absolute Gasteiger partial charge is 0.257 e. The third-order valence-electron chi connectivity index (χ3n) is 3.99. The number of anilines is 1. The number of ether oxygens (including phenoxy) is 1. The van der Waals surface area contributed by atoms with Gasteiger partial charge < -0.3 is 19.0 Å². The Kier molecular flexibility index (Phi) is 4.23. The highest BCUT2D eigenvalue weighted by Crippen LogP contribution is 2.27. The Balaban J connectivity index is 1.67. The van der Waals surface area contributed by atoms with E-state index in [1.807, 2.05) is 36.0 Å². The van der Waals surface area contributed by atoms with Crippen molar-refractivity contribution in [2.45, 2.75) is 19.4 Å². The van der Waals surface area contributed by atoms with Crippen LogP contribution in [0.5, 0.6) is 5.75 Å². The molecule has 1 saturated heterocycles. The number of likely N-dealkylation sites (tertiary alicyclic amines) is 1. The molecule has 1 aliphatic heterocycles. The second-order valence-electron chi connectivity index (χ2n) is 5.89.